The second-order valence-electron chi connectivity index (χ2n) is 4.64. The van der Waals surface area contributed by atoms with Crippen LogP contribution in [-0.2, 0) is 9.59 Å². The lowest BCUT2D eigenvalue weighted by atomic mass is 10.2. The number of rotatable bonds is 3. The van der Waals surface area contributed by atoms with E-state index in [-0.39, 0.29) is 30.6 Å². The first-order valence-electron chi connectivity index (χ1n) is 6.58. The topological polar surface area (TPSA) is 53.0 Å². The van der Waals surface area contributed by atoms with Crippen LogP contribution in [-0.4, -0.2) is 36.1 Å². The summed E-state index contributed by atoms with van der Waals surface area (Å²) in [5.74, 6) is -1.25. The molecule has 2 heterocycles. The molecule has 3 rings (SSSR count). The van der Waals surface area contributed by atoms with Crippen molar-refractivity contribution >= 4 is 35.1 Å². The minimum atomic E-state index is -0.529. The number of nitrogens with zero attached hydrogens (tertiary/aromatic N) is 3. The van der Waals surface area contributed by atoms with E-state index in [2.05, 4.69) is 5.10 Å². The van der Waals surface area contributed by atoms with Crippen molar-refractivity contribution in [3.05, 3.63) is 52.5 Å². The number of halogens is 1. The second kappa shape index (κ2) is 6.07. The molecule has 0 radical (unpaired) electrons. The van der Waals surface area contributed by atoms with Crippen molar-refractivity contribution in [3.8, 4) is 0 Å². The van der Waals surface area contributed by atoms with Gasteiger partial charge in [-0.25, -0.2) is 9.40 Å². The van der Waals surface area contributed by atoms with Gasteiger partial charge in [0.05, 0.1) is 11.9 Å². The minimum absolute atomic E-state index is 0.114. The summed E-state index contributed by atoms with van der Waals surface area (Å²) in [5.41, 5.74) is 0.114. The molecule has 2 amide bonds. The number of thiophene rings is 1. The fourth-order valence-corrected chi connectivity index (χ4v) is 2.67. The number of para-hydroxylation sites is 1. The highest BCUT2D eigenvalue weighted by molar-refractivity contribution is 7.11. The highest BCUT2D eigenvalue weighted by Gasteiger charge is 2.31. The number of benzene rings is 1. The summed E-state index contributed by atoms with van der Waals surface area (Å²) < 4.78 is 13.8. The van der Waals surface area contributed by atoms with Crippen molar-refractivity contribution in [2.45, 2.75) is 0 Å². The van der Waals surface area contributed by atoms with Crippen LogP contribution in [0.25, 0.3) is 0 Å². The van der Waals surface area contributed by atoms with Gasteiger partial charge >= 0.3 is 0 Å². The monoisotopic (exact) mass is 317 g/mol. The summed E-state index contributed by atoms with van der Waals surface area (Å²) in [6, 6.07) is 9.62. The zero-order chi connectivity index (χ0) is 15.5. The maximum Gasteiger partial charge on any atom is 0.263 e. The molecule has 7 heteroatoms. The van der Waals surface area contributed by atoms with E-state index in [0.29, 0.717) is 0 Å². The van der Waals surface area contributed by atoms with Gasteiger partial charge in [-0.2, -0.15) is 5.10 Å². The number of carbonyl (C=O) groups excluding carboxylic acids is 2. The van der Waals surface area contributed by atoms with Crippen LogP contribution in [0.4, 0.5) is 10.1 Å². The van der Waals surface area contributed by atoms with E-state index in [1.165, 1.54) is 35.8 Å². The molecular formula is C15H12FN3O2S. The molecule has 0 aliphatic carbocycles. The van der Waals surface area contributed by atoms with Gasteiger partial charge in [-0.15, -0.1) is 11.3 Å². The van der Waals surface area contributed by atoms with E-state index in [1.807, 2.05) is 17.5 Å². The first-order chi connectivity index (χ1) is 10.6. The number of amides is 2. The molecule has 0 bridgehead atoms. The Kier molecular flexibility index (Phi) is 3.97. The summed E-state index contributed by atoms with van der Waals surface area (Å²) in [5, 5.41) is 7.04. The Bertz CT molecular complexity index is 730. The van der Waals surface area contributed by atoms with Gasteiger partial charge in [0, 0.05) is 4.88 Å². The molecule has 1 aliphatic heterocycles. The lowest BCUT2D eigenvalue weighted by Crippen LogP contribution is -2.52. The Morgan fingerprint density at radius 1 is 1.09 bits per heavy atom. The smallest absolute Gasteiger partial charge is 0.263 e. The molecule has 2 aromatic rings. The van der Waals surface area contributed by atoms with Crippen LogP contribution in [0.1, 0.15) is 4.88 Å². The number of anilines is 1. The standard InChI is InChI=1S/C15H12FN3O2S/c16-12-5-1-2-6-13(12)18-9-15(21)19(10-14(18)20)17-8-11-4-3-7-22-11/h1-8H,9-10H2/b17-8+. The quantitative estimate of drug-likeness (QED) is 0.814. The maximum absolute atomic E-state index is 13.8. The van der Waals surface area contributed by atoms with Crippen molar-refractivity contribution in [1.82, 2.24) is 5.01 Å². The van der Waals surface area contributed by atoms with Gasteiger partial charge in [0.15, 0.2) is 0 Å². The SMILES string of the molecule is O=C1CN(c2ccccc2F)C(=O)CN1/N=C/c1cccs1. The number of hydrazone groups is 1. The second-order valence-corrected chi connectivity index (χ2v) is 5.62. The van der Waals surface area contributed by atoms with Crippen LogP contribution in [0.2, 0.25) is 0 Å². The van der Waals surface area contributed by atoms with Gasteiger partial charge in [0.25, 0.3) is 5.91 Å². The van der Waals surface area contributed by atoms with Crippen molar-refractivity contribution < 1.29 is 14.0 Å². The fourth-order valence-electron chi connectivity index (χ4n) is 2.09. The normalized spacial score (nSPS) is 15.9. The average Bonchev–Trinajstić information content (AvgIpc) is 3.02. The number of piperazine rings is 1. The molecule has 0 unspecified atom stereocenters. The third-order valence-electron chi connectivity index (χ3n) is 3.18. The molecule has 112 valence electrons. The van der Waals surface area contributed by atoms with E-state index in [0.717, 1.165) is 14.8 Å². The molecule has 1 fully saturated rings. The molecular weight excluding hydrogens is 305 g/mol. The molecule has 0 N–H and O–H groups in total. The van der Waals surface area contributed by atoms with Crippen LogP contribution in [0.3, 0.4) is 0 Å². The van der Waals surface area contributed by atoms with Gasteiger partial charge in [0.2, 0.25) is 5.91 Å². The Hall–Kier alpha value is -2.54. The molecule has 1 saturated heterocycles. The van der Waals surface area contributed by atoms with Gasteiger partial charge in [-0.3, -0.25) is 14.5 Å². The third kappa shape index (κ3) is 2.89. The molecule has 0 spiro atoms. The lowest BCUT2D eigenvalue weighted by Gasteiger charge is -2.31. The highest BCUT2D eigenvalue weighted by atomic mass is 32.1. The van der Waals surface area contributed by atoms with Crippen molar-refractivity contribution in [3.63, 3.8) is 0 Å². The number of carbonyl (C=O) groups is 2. The molecule has 1 aromatic carbocycles. The Morgan fingerprint density at radius 3 is 2.64 bits per heavy atom. The molecule has 1 aliphatic rings. The van der Waals surface area contributed by atoms with Crippen LogP contribution >= 0.6 is 11.3 Å². The Morgan fingerprint density at radius 2 is 1.91 bits per heavy atom. The summed E-state index contributed by atoms with van der Waals surface area (Å²) >= 11 is 1.48. The van der Waals surface area contributed by atoms with E-state index in [9.17, 15) is 14.0 Å². The van der Waals surface area contributed by atoms with Crippen LogP contribution in [0.15, 0.2) is 46.9 Å². The number of hydrogen-bond donors (Lipinski definition) is 0. The van der Waals surface area contributed by atoms with Crippen molar-refractivity contribution in [1.29, 1.82) is 0 Å². The third-order valence-corrected chi connectivity index (χ3v) is 3.99. The van der Waals surface area contributed by atoms with Gasteiger partial charge in [0.1, 0.15) is 18.9 Å². The van der Waals surface area contributed by atoms with Crippen LogP contribution < -0.4 is 4.90 Å². The van der Waals surface area contributed by atoms with E-state index in [1.54, 1.807) is 6.07 Å². The first-order valence-corrected chi connectivity index (χ1v) is 7.46. The fraction of sp³-hybridized carbons (Fsp3) is 0.133. The summed E-state index contributed by atoms with van der Waals surface area (Å²) in [6.07, 6.45) is 1.54. The predicted molar refractivity (Wildman–Crippen MR) is 82.4 cm³/mol. The molecule has 0 saturated carbocycles. The molecule has 5 nitrogen and oxygen atoms in total. The Balaban J connectivity index is 1.76. The van der Waals surface area contributed by atoms with Gasteiger partial charge < -0.3 is 0 Å². The first kappa shape index (κ1) is 14.4. The summed E-state index contributed by atoms with van der Waals surface area (Å²) in [4.78, 5) is 26.3. The lowest BCUT2D eigenvalue weighted by molar-refractivity contribution is -0.138. The highest BCUT2D eigenvalue weighted by Crippen LogP contribution is 2.21. The molecule has 0 atom stereocenters. The van der Waals surface area contributed by atoms with E-state index >= 15 is 0 Å². The zero-order valence-electron chi connectivity index (χ0n) is 11.5. The van der Waals surface area contributed by atoms with Crippen LogP contribution in [0.5, 0.6) is 0 Å². The largest absolute Gasteiger partial charge is 0.298 e. The zero-order valence-corrected chi connectivity index (χ0v) is 12.3. The predicted octanol–water partition coefficient (Wildman–Crippen LogP) is 2.10. The van der Waals surface area contributed by atoms with Crippen molar-refractivity contribution in [2.75, 3.05) is 18.0 Å². The maximum atomic E-state index is 13.8. The summed E-state index contributed by atoms with van der Waals surface area (Å²) in [7, 11) is 0. The molecule has 22 heavy (non-hydrogen) atoms. The molecule has 1 aromatic heterocycles. The van der Waals surface area contributed by atoms with Gasteiger partial charge in [-0.1, -0.05) is 18.2 Å². The number of hydrogen-bond acceptors (Lipinski definition) is 4. The van der Waals surface area contributed by atoms with E-state index < -0.39 is 5.82 Å². The average molecular weight is 317 g/mol. The van der Waals surface area contributed by atoms with Crippen molar-refractivity contribution in [2.24, 2.45) is 5.10 Å². The Labute approximate surface area is 130 Å². The van der Waals surface area contributed by atoms with Gasteiger partial charge in [-0.05, 0) is 23.6 Å². The minimum Gasteiger partial charge on any atom is -0.298 e. The summed E-state index contributed by atoms with van der Waals surface area (Å²) in [6.45, 7) is -0.420. The van der Waals surface area contributed by atoms with Crippen LogP contribution in [0, 0.1) is 5.82 Å². The van der Waals surface area contributed by atoms with E-state index in [4.69, 9.17) is 0 Å².